The van der Waals surface area contributed by atoms with Crippen LogP contribution in [-0.4, -0.2) is 30.8 Å². The summed E-state index contributed by atoms with van der Waals surface area (Å²) in [5, 5.41) is 0. The molecular weight excluding hydrogens is 179 g/mol. The van der Waals surface area contributed by atoms with Gasteiger partial charge in [0.25, 0.3) is 0 Å². The van der Waals surface area contributed by atoms with Gasteiger partial charge in [-0.3, -0.25) is 0 Å². The van der Waals surface area contributed by atoms with Crippen molar-refractivity contribution in [2.45, 2.75) is 19.0 Å². The number of thioether (sulfide) groups is 1. The molecule has 0 aromatic carbocycles. The summed E-state index contributed by atoms with van der Waals surface area (Å²) in [5.74, 6) is 1.09. The monoisotopic (exact) mass is 192 g/mol. The van der Waals surface area contributed by atoms with Crippen LogP contribution in [0.3, 0.4) is 0 Å². The molecule has 1 saturated heterocycles. The van der Waals surface area contributed by atoms with Crippen LogP contribution in [0.2, 0.25) is 0 Å². The Balaban J connectivity index is 2.39. The fraction of sp³-hybridized carbons (Fsp3) is 0.875. The second-order valence-electron chi connectivity index (χ2n) is 2.87. The number of halogens is 1. The van der Waals surface area contributed by atoms with Crippen molar-refractivity contribution in [1.82, 2.24) is 0 Å². The topological polar surface area (TPSA) is 26.3 Å². The Hall–Kier alpha value is -0.250. The molecule has 0 saturated carbocycles. The quantitative estimate of drug-likeness (QED) is 0.622. The lowest BCUT2D eigenvalue weighted by molar-refractivity contribution is -0.148. The summed E-state index contributed by atoms with van der Waals surface area (Å²) >= 11 is 1.82. The van der Waals surface area contributed by atoms with Crippen LogP contribution in [0.25, 0.3) is 0 Å². The lowest BCUT2D eigenvalue weighted by Crippen LogP contribution is -2.29. The summed E-state index contributed by atoms with van der Waals surface area (Å²) in [5.41, 5.74) is 0. The van der Waals surface area contributed by atoms with E-state index >= 15 is 0 Å². The van der Waals surface area contributed by atoms with Crippen LogP contribution in [0.5, 0.6) is 0 Å². The summed E-state index contributed by atoms with van der Waals surface area (Å²) in [6, 6.07) is 0. The second kappa shape index (κ2) is 4.70. The van der Waals surface area contributed by atoms with Crippen molar-refractivity contribution < 1.29 is 13.9 Å². The third-order valence-electron chi connectivity index (χ3n) is 2.11. The van der Waals surface area contributed by atoms with E-state index in [1.54, 1.807) is 0 Å². The van der Waals surface area contributed by atoms with E-state index in [2.05, 4.69) is 4.74 Å². The zero-order valence-corrected chi connectivity index (χ0v) is 7.90. The molecule has 0 aliphatic carbocycles. The fourth-order valence-corrected chi connectivity index (χ4v) is 2.46. The maximum Gasteiger partial charge on any atom is 0.340 e. The molecular formula is C8H13FO2S. The average Bonchev–Trinajstić information content (AvgIpc) is 2.17. The second-order valence-corrected chi connectivity index (χ2v) is 4.10. The van der Waals surface area contributed by atoms with Gasteiger partial charge in [-0.15, -0.1) is 0 Å². The number of methoxy groups -OCH3 is 1. The third-order valence-corrected chi connectivity index (χ3v) is 3.15. The maximum atomic E-state index is 13.2. The van der Waals surface area contributed by atoms with E-state index in [0.717, 1.165) is 24.3 Å². The highest BCUT2D eigenvalue weighted by Gasteiger charge is 2.29. The molecule has 70 valence electrons. The molecule has 1 heterocycles. The Morgan fingerprint density at radius 2 is 2.17 bits per heavy atom. The van der Waals surface area contributed by atoms with Crippen molar-refractivity contribution in [2.75, 3.05) is 18.6 Å². The minimum atomic E-state index is -1.41. The van der Waals surface area contributed by atoms with Gasteiger partial charge in [-0.25, -0.2) is 9.18 Å². The minimum absolute atomic E-state index is 0.112. The molecule has 0 aromatic heterocycles. The number of hydrogen-bond acceptors (Lipinski definition) is 3. The molecule has 12 heavy (non-hydrogen) atoms. The molecule has 2 nitrogen and oxygen atoms in total. The Morgan fingerprint density at radius 1 is 1.58 bits per heavy atom. The number of rotatable bonds is 2. The van der Waals surface area contributed by atoms with Gasteiger partial charge in [-0.1, -0.05) is 0 Å². The van der Waals surface area contributed by atoms with Gasteiger partial charge in [0, 0.05) is 5.92 Å². The Morgan fingerprint density at radius 3 is 2.67 bits per heavy atom. The number of ether oxygens (including phenoxy) is 1. The van der Waals surface area contributed by atoms with Gasteiger partial charge >= 0.3 is 5.97 Å². The first-order valence-electron chi connectivity index (χ1n) is 4.05. The molecule has 0 N–H and O–H groups in total. The molecule has 0 radical (unpaired) electrons. The highest BCUT2D eigenvalue weighted by Crippen LogP contribution is 2.27. The van der Waals surface area contributed by atoms with Gasteiger partial charge in [0.15, 0.2) is 6.17 Å². The van der Waals surface area contributed by atoms with Gasteiger partial charge in [0.05, 0.1) is 7.11 Å². The van der Waals surface area contributed by atoms with Gasteiger partial charge in [-0.05, 0) is 24.3 Å². The Kier molecular flexibility index (Phi) is 3.85. The summed E-state index contributed by atoms with van der Waals surface area (Å²) in [6.07, 6.45) is 0.179. The standard InChI is InChI=1S/C8H13FO2S/c1-11-8(10)7(9)6-2-4-12-5-3-6/h6-7H,2-5H2,1H3. The Labute approximate surface area is 75.9 Å². The number of alkyl halides is 1. The third kappa shape index (κ3) is 2.37. The smallest absolute Gasteiger partial charge is 0.340 e. The van der Waals surface area contributed by atoms with Crippen LogP contribution in [0.4, 0.5) is 4.39 Å². The molecule has 1 aliphatic rings. The van der Waals surface area contributed by atoms with Crippen molar-refractivity contribution in [3.8, 4) is 0 Å². The van der Waals surface area contributed by atoms with E-state index in [9.17, 15) is 9.18 Å². The van der Waals surface area contributed by atoms with E-state index in [1.165, 1.54) is 7.11 Å². The minimum Gasteiger partial charge on any atom is -0.467 e. The summed E-state index contributed by atoms with van der Waals surface area (Å²) in [7, 11) is 1.23. The highest BCUT2D eigenvalue weighted by atomic mass is 32.2. The first-order chi connectivity index (χ1) is 5.75. The summed E-state index contributed by atoms with van der Waals surface area (Å²) in [6.45, 7) is 0. The zero-order valence-electron chi connectivity index (χ0n) is 7.09. The van der Waals surface area contributed by atoms with Crippen molar-refractivity contribution in [2.24, 2.45) is 5.92 Å². The Bertz CT molecular complexity index is 157. The van der Waals surface area contributed by atoms with Gasteiger partial charge in [-0.2, -0.15) is 11.8 Å². The van der Waals surface area contributed by atoms with E-state index in [0.29, 0.717) is 0 Å². The molecule has 0 spiro atoms. The highest BCUT2D eigenvalue weighted by molar-refractivity contribution is 7.99. The van der Waals surface area contributed by atoms with Crippen molar-refractivity contribution in [3.05, 3.63) is 0 Å². The molecule has 1 fully saturated rings. The lowest BCUT2D eigenvalue weighted by atomic mass is 9.97. The molecule has 4 heteroatoms. The van der Waals surface area contributed by atoms with Crippen LogP contribution >= 0.6 is 11.8 Å². The van der Waals surface area contributed by atoms with E-state index in [4.69, 9.17) is 0 Å². The van der Waals surface area contributed by atoms with Crippen molar-refractivity contribution in [3.63, 3.8) is 0 Å². The predicted molar refractivity (Wildman–Crippen MR) is 47.0 cm³/mol. The molecule has 1 aliphatic heterocycles. The normalized spacial score (nSPS) is 21.8. The van der Waals surface area contributed by atoms with Crippen LogP contribution in [0, 0.1) is 5.92 Å². The SMILES string of the molecule is COC(=O)C(F)C1CCSCC1. The predicted octanol–water partition coefficient (Wildman–Crippen LogP) is 1.64. The van der Waals surface area contributed by atoms with Crippen molar-refractivity contribution in [1.29, 1.82) is 0 Å². The van der Waals surface area contributed by atoms with Crippen molar-refractivity contribution >= 4 is 17.7 Å². The number of carbonyl (C=O) groups excluding carboxylic acids is 1. The lowest BCUT2D eigenvalue weighted by Gasteiger charge is -2.22. The number of hydrogen-bond donors (Lipinski definition) is 0. The zero-order chi connectivity index (χ0) is 8.97. The first-order valence-corrected chi connectivity index (χ1v) is 5.21. The van der Waals surface area contributed by atoms with E-state index in [-0.39, 0.29) is 5.92 Å². The number of esters is 1. The molecule has 1 unspecified atom stereocenters. The summed E-state index contributed by atoms with van der Waals surface area (Å²) < 4.78 is 17.5. The van der Waals surface area contributed by atoms with Crippen LogP contribution in [-0.2, 0) is 9.53 Å². The van der Waals surface area contributed by atoms with E-state index < -0.39 is 12.1 Å². The summed E-state index contributed by atoms with van der Waals surface area (Å²) in [4.78, 5) is 10.8. The van der Waals surface area contributed by atoms with Gasteiger partial charge in [0.1, 0.15) is 0 Å². The first kappa shape index (κ1) is 9.84. The maximum absolute atomic E-state index is 13.2. The van der Waals surface area contributed by atoms with Gasteiger partial charge < -0.3 is 4.74 Å². The van der Waals surface area contributed by atoms with Crippen LogP contribution in [0.15, 0.2) is 0 Å². The molecule has 1 rings (SSSR count). The van der Waals surface area contributed by atoms with E-state index in [1.807, 2.05) is 11.8 Å². The molecule has 1 atom stereocenters. The molecule has 0 aromatic rings. The number of carbonyl (C=O) groups is 1. The fourth-order valence-electron chi connectivity index (χ4n) is 1.31. The van der Waals surface area contributed by atoms with Crippen LogP contribution in [0.1, 0.15) is 12.8 Å². The van der Waals surface area contributed by atoms with Crippen LogP contribution < -0.4 is 0 Å². The molecule has 0 bridgehead atoms. The molecule has 0 amide bonds. The van der Waals surface area contributed by atoms with Gasteiger partial charge in [0.2, 0.25) is 0 Å². The largest absolute Gasteiger partial charge is 0.467 e. The average molecular weight is 192 g/mol.